The molecule has 0 saturated heterocycles. The van der Waals surface area contributed by atoms with Crippen LogP contribution in [0.2, 0.25) is 0 Å². The van der Waals surface area contributed by atoms with Gasteiger partial charge in [-0.15, -0.1) is 0 Å². The van der Waals surface area contributed by atoms with Crippen LogP contribution in [0.25, 0.3) is 0 Å². The van der Waals surface area contributed by atoms with Gasteiger partial charge in [0.05, 0.1) is 12.6 Å². The summed E-state index contributed by atoms with van der Waals surface area (Å²) >= 11 is 3.52. The van der Waals surface area contributed by atoms with Gasteiger partial charge in [-0.1, -0.05) is 35.0 Å². The Labute approximate surface area is 105 Å². The maximum Gasteiger partial charge on any atom is 0.0694 e. The predicted molar refractivity (Wildman–Crippen MR) is 70.1 cm³/mol. The van der Waals surface area contributed by atoms with Crippen LogP contribution in [0.1, 0.15) is 30.5 Å². The van der Waals surface area contributed by atoms with E-state index in [1.165, 1.54) is 5.56 Å². The van der Waals surface area contributed by atoms with Gasteiger partial charge >= 0.3 is 0 Å². The van der Waals surface area contributed by atoms with Crippen molar-refractivity contribution in [3.8, 4) is 0 Å². The average Bonchev–Trinajstić information content (AvgIpc) is 2.29. The molecule has 0 saturated carbocycles. The smallest absolute Gasteiger partial charge is 0.0694 e. The van der Waals surface area contributed by atoms with Crippen molar-refractivity contribution in [3.05, 3.63) is 33.8 Å². The maximum atomic E-state index is 5.53. The minimum absolute atomic E-state index is 0.0449. The normalized spacial score (nSPS) is 12.8. The first kappa shape index (κ1) is 13.6. The fourth-order valence-electron chi connectivity index (χ4n) is 1.41. The second-order valence-corrected chi connectivity index (χ2v) is 4.66. The summed E-state index contributed by atoms with van der Waals surface area (Å²) in [6, 6.07) is 6.27. The molecule has 3 N–H and O–H groups in total. The maximum absolute atomic E-state index is 5.53. The van der Waals surface area contributed by atoms with Gasteiger partial charge in [0.25, 0.3) is 0 Å². The molecule has 90 valence electrons. The molecule has 1 atom stereocenters. The molecule has 0 amide bonds. The SMILES string of the molecule is CCCOCC(NN)c1ccc(C)c(Br)c1. The van der Waals surface area contributed by atoms with Gasteiger partial charge in [0.1, 0.15) is 0 Å². The molecule has 1 unspecified atom stereocenters. The molecule has 1 aromatic carbocycles. The molecule has 0 radical (unpaired) electrons. The molecule has 3 nitrogen and oxygen atoms in total. The summed E-state index contributed by atoms with van der Waals surface area (Å²) in [5.41, 5.74) is 5.13. The third kappa shape index (κ3) is 3.87. The quantitative estimate of drug-likeness (QED) is 0.480. The number of nitrogens with two attached hydrogens (primary N) is 1. The molecule has 16 heavy (non-hydrogen) atoms. The molecule has 0 bridgehead atoms. The van der Waals surface area contributed by atoms with Crippen LogP contribution in [-0.4, -0.2) is 13.2 Å². The Morgan fingerprint density at radius 3 is 2.81 bits per heavy atom. The van der Waals surface area contributed by atoms with Crippen LogP contribution >= 0.6 is 15.9 Å². The summed E-state index contributed by atoms with van der Waals surface area (Å²) in [6.45, 7) is 5.52. The number of ether oxygens (including phenoxy) is 1. The summed E-state index contributed by atoms with van der Waals surface area (Å²) in [7, 11) is 0. The molecule has 1 rings (SSSR count). The monoisotopic (exact) mass is 286 g/mol. The summed E-state index contributed by atoms with van der Waals surface area (Å²) < 4.78 is 6.60. The van der Waals surface area contributed by atoms with Gasteiger partial charge in [-0.25, -0.2) is 0 Å². The Hall–Kier alpha value is -0.420. The average molecular weight is 287 g/mol. The van der Waals surface area contributed by atoms with Crippen LogP contribution in [0, 0.1) is 6.92 Å². The summed E-state index contributed by atoms with van der Waals surface area (Å²) in [5.74, 6) is 5.53. The van der Waals surface area contributed by atoms with Crippen molar-refractivity contribution in [1.82, 2.24) is 5.43 Å². The Bertz CT molecular complexity index is 331. The van der Waals surface area contributed by atoms with Crippen LogP contribution in [0.4, 0.5) is 0 Å². The summed E-state index contributed by atoms with van der Waals surface area (Å²) in [5, 5.41) is 0. The molecule has 0 fully saturated rings. The number of hydrazine groups is 1. The van der Waals surface area contributed by atoms with Crippen LogP contribution in [0.3, 0.4) is 0 Å². The Balaban J connectivity index is 2.67. The lowest BCUT2D eigenvalue weighted by molar-refractivity contribution is 0.112. The molecule has 0 aromatic heterocycles. The van der Waals surface area contributed by atoms with Gasteiger partial charge in [-0.2, -0.15) is 0 Å². The molecule has 0 heterocycles. The third-order valence-electron chi connectivity index (χ3n) is 2.43. The number of aryl methyl sites for hydroxylation is 1. The molecular weight excluding hydrogens is 268 g/mol. The van der Waals surface area contributed by atoms with Gasteiger partial charge in [0.2, 0.25) is 0 Å². The minimum Gasteiger partial charge on any atom is -0.379 e. The van der Waals surface area contributed by atoms with E-state index < -0.39 is 0 Å². The number of hydrogen-bond donors (Lipinski definition) is 2. The lowest BCUT2D eigenvalue weighted by atomic mass is 10.1. The number of rotatable bonds is 6. The molecule has 4 heteroatoms. The van der Waals surface area contributed by atoms with Crippen molar-refractivity contribution in [1.29, 1.82) is 0 Å². The second kappa shape index (κ2) is 7.01. The third-order valence-corrected chi connectivity index (χ3v) is 3.29. The van der Waals surface area contributed by atoms with Crippen molar-refractivity contribution < 1.29 is 4.74 Å². The molecule has 0 spiro atoms. The zero-order valence-corrected chi connectivity index (χ0v) is 11.4. The first-order valence-electron chi connectivity index (χ1n) is 5.49. The topological polar surface area (TPSA) is 47.3 Å². The van der Waals surface area contributed by atoms with Crippen molar-refractivity contribution in [2.75, 3.05) is 13.2 Å². The molecular formula is C12H19BrN2O. The van der Waals surface area contributed by atoms with E-state index in [1.54, 1.807) is 0 Å². The molecule has 0 aliphatic rings. The van der Waals surface area contributed by atoms with Crippen LogP contribution < -0.4 is 11.3 Å². The molecule has 1 aromatic rings. The van der Waals surface area contributed by atoms with E-state index in [2.05, 4.69) is 53.4 Å². The van der Waals surface area contributed by atoms with E-state index in [9.17, 15) is 0 Å². The lowest BCUT2D eigenvalue weighted by Gasteiger charge is -2.17. The highest BCUT2D eigenvalue weighted by Crippen LogP contribution is 2.21. The van der Waals surface area contributed by atoms with E-state index >= 15 is 0 Å². The van der Waals surface area contributed by atoms with Gasteiger partial charge in [-0.3, -0.25) is 11.3 Å². The molecule has 0 aliphatic heterocycles. The summed E-state index contributed by atoms with van der Waals surface area (Å²) in [6.07, 6.45) is 1.02. The van der Waals surface area contributed by atoms with Crippen molar-refractivity contribution >= 4 is 15.9 Å². The van der Waals surface area contributed by atoms with Gasteiger partial charge in [0, 0.05) is 11.1 Å². The Morgan fingerprint density at radius 2 is 2.25 bits per heavy atom. The number of benzene rings is 1. The fourth-order valence-corrected chi connectivity index (χ4v) is 1.81. The number of hydrogen-bond acceptors (Lipinski definition) is 3. The van der Waals surface area contributed by atoms with Crippen molar-refractivity contribution in [2.24, 2.45) is 5.84 Å². The Kier molecular flexibility index (Phi) is 5.98. The van der Waals surface area contributed by atoms with E-state index in [0.29, 0.717) is 6.61 Å². The zero-order chi connectivity index (χ0) is 12.0. The van der Waals surface area contributed by atoms with E-state index in [1.807, 2.05) is 0 Å². The number of halogens is 1. The molecule has 0 aliphatic carbocycles. The first-order chi connectivity index (χ1) is 7.69. The highest BCUT2D eigenvalue weighted by atomic mass is 79.9. The zero-order valence-electron chi connectivity index (χ0n) is 9.79. The first-order valence-corrected chi connectivity index (χ1v) is 6.28. The van der Waals surface area contributed by atoms with Crippen LogP contribution in [-0.2, 0) is 4.74 Å². The lowest BCUT2D eigenvalue weighted by Crippen LogP contribution is -2.31. The van der Waals surface area contributed by atoms with E-state index in [0.717, 1.165) is 23.1 Å². The standard InChI is InChI=1S/C12H19BrN2O/c1-3-6-16-8-12(15-14)10-5-4-9(2)11(13)7-10/h4-5,7,12,15H,3,6,8,14H2,1-2H3. The van der Waals surface area contributed by atoms with Gasteiger partial charge in [-0.05, 0) is 30.5 Å². The fraction of sp³-hybridized carbons (Fsp3) is 0.500. The van der Waals surface area contributed by atoms with Gasteiger partial charge < -0.3 is 4.74 Å². The van der Waals surface area contributed by atoms with Crippen LogP contribution in [0.15, 0.2) is 22.7 Å². The number of nitrogens with one attached hydrogen (secondary N) is 1. The highest BCUT2D eigenvalue weighted by Gasteiger charge is 2.10. The Morgan fingerprint density at radius 1 is 1.50 bits per heavy atom. The van der Waals surface area contributed by atoms with Crippen LogP contribution in [0.5, 0.6) is 0 Å². The van der Waals surface area contributed by atoms with Crippen molar-refractivity contribution in [2.45, 2.75) is 26.3 Å². The minimum atomic E-state index is 0.0449. The largest absolute Gasteiger partial charge is 0.379 e. The highest BCUT2D eigenvalue weighted by molar-refractivity contribution is 9.10. The van der Waals surface area contributed by atoms with Crippen molar-refractivity contribution in [3.63, 3.8) is 0 Å². The summed E-state index contributed by atoms with van der Waals surface area (Å²) in [4.78, 5) is 0. The van der Waals surface area contributed by atoms with E-state index in [4.69, 9.17) is 10.6 Å². The van der Waals surface area contributed by atoms with E-state index in [-0.39, 0.29) is 6.04 Å². The van der Waals surface area contributed by atoms with Gasteiger partial charge in [0.15, 0.2) is 0 Å². The second-order valence-electron chi connectivity index (χ2n) is 3.80. The predicted octanol–water partition coefficient (Wildman–Crippen LogP) is 2.69.